The highest BCUT2D eigenvalue weighted by Crippen LogP contribution is 2.51. The zero-order chi connectivity index (χ0) is 31.2. The lowest BCUT2D eigenvalue weighted by atomic mass is 10.0. The highest BCUT2D eigenvalue weighted by molar-refractivity contribution is 8.30. The van der Waals surface area contributed by atoms with E-state index in [1.54, 1.807) is 23.1 Å². The number of benzene rings is 1. The number of thioether (sulfide) groups is 2. The molecule has 1 fully saturated rings. The van der Waals surface area contributed by atoms with E-state index in [4.69, 9.17) is 26.4 Å². The Hall–Kier alpha value is -3.80. The van der Waals surface area contributed by atoms with E-state index in [0.717, 1.165) is 37.5 Å². The van der Waals surface area contributed by atoms with Crippen molar-refractivity contribution in [1.82, 2.24) is 9.47 Å². The zero-order valence-corrected chi connectivity index (χ0v) is 26.0. The van der Waals surface area contributed by atoms with Gasteiger partial charge in [0.1, 0.15) is 33.5 Å². The molecule has 0 spiro atoms. The second kappa shape index (κ2) is 12.1. The Bertz CT molecular complexity index is 1810. The molecule has 1 saturated heterocycles. The largest absolute Gasteiger partial charge is 0.480 e. The number of aliphatic carboxylic acids is 2. The van der Waals surface area contributed by atoms with Crippen molar-refractivity contribution in [2.45, 2.75) is 25.3 Å². The molecule has 0 radical (unpaired) electrons. The van der Waals surface area contributed by atoms with Gasteiger partial charge in [-0.3, -0.25) is 33.4 Å². The van der Waals surface area contributed by atoms with Gasteiger partial charge in [-0.1, -0.05) is 49.6 Å². The lowest BCUT2D eigenvalue weighted by Crippen LogP contribution is -2.37. The minimum atomic E-state index is -1.30. The number of methoxy groups -OCH3 is 1. The summed E-state index contributed by atoms with van der Waals surface area (Å²) in [5.41, 5.74) is 0.582. The SMILES string of the molecule is COC(=O)CN1/C(=C/C(=c2/s/c(=C3\SC(=S)N(CC(=O)O)C3=O)n(CC(=O)O)c2=O)C(C)C)Sc2cc3c(cc21)OCO3. The number of anilines is 1. The van der Waals surface area contributed by atoms with Crippen molar-refractivity contribution in [3.8, 4) is 11.5 Å². The molecule has 5 rings (SSSR count). The lowest BCUT2D eigenvalue weighted by molar-refractivity contribution is -0.140. The number of thiazole rings is 1. The Morgan fingerprint density at radius 2 is 1.72 bits per heavy atom. The number of carboxylic acids is 2. The maximum absolute atomic E-state index is 13.8. The first-order valence-electron chi connectivity index (χ1n) is 12.5. The highest BCUT2D eigenvalue weighted by atomic mass is 32.2. The molecule has 13 nitrogen and oxygen atoms in total. The van der Waals surface area contributed by atoms with Crippen LogP contribution < -0.4 is 29.1 Å². The Labute approximate surface area is 261 Å². The van der Waals surface area contributed by atoms with Crippen LogP contribution in [0.3, 0.4) is 0 Å². The van der Waals surface area contributed by atoms with E-state index >= 15 is 0 Å². The van der Waals surface area contributed by atoms with Crippen LogP contribution in [0.15, 0.2) is 32.9 Å². The number of hydrogen-bond acceptors (Lipinski definition) is 13. The zero-order valence-electron chi connectivity index (χ0n) is 22.8. The molecule has 0 saturated carbocycles. The summed E-state index contributed by atoms with van der Waals surface area (Å²) in [5.74, 6) is -2.98. The molecule has 3 aliphatic heterocycles. The van der Waals surface area contributed by atoms with Crippen LogP contribution >= 0.6 is 47.1 Å². The summed E-state index contributed by atoms with van der Waals surface area (Å²) in [4.78, 5) is 65.7. The molecule has 0 atom stereocenters. The summed E-state index contributed by atoms with van der Waals surface area (Å²) in [6, 6.07) is 3.56. The maximum atomic E-state index is 13.8. The first-order valence-corrected chi connectivity index (χ1v) is 15.4. The van der Waals surface area contributed by atoms with Crippen molar-refractivity contribution in [1.29, 1.82) is 0 Å². The van der Waals surface area contributed by atoms with Crippen LogP contribution in [0.25, 0.3) is 10.5 Å². The number of rotatable bonds is 8. The smallest absolute Gasteiger partial charge is 0.325 e. The molecule has 1 aromatic heterocycles. The predicted molar refractivity (Wildman–Crippen MR) is 163 cm³/mol. The lowest BCUT2D eigenvalue weighted by Gasteiger charge is -2.20. The van der Waals surface area contributed by atoms with Gasteiger partial charge in [0.25, 0.3) is 11.5 Å². The molecule has 0 aliphatic carbocycles. The van der Waals surface area contributed by atoms with Crippen LogP contribution in [-0.2, 0) is 30.5 Å². The fourth-order valence-corrected chi connectivity index (χ4v) is 8.26. The summed E-state index contributed by atoms with van der Waals surface area (Å²) in [5, 5.41) is 19.4. The molecule has 1 amide bonds. The van der Waals surface area contributed by atoms with E-state index in [-0.39, 0.29) is 37.7 Å². The number of carbonyl (C=O) groups excluding carboxylic acids is 2. The number of hydrogen-bond donors (Lipinski definition) is 2. The number of ether oxygens (including phenoxy) is 3. The fraction of sp³-hybridized carbons (Fsp3) is 0.308. The van der Waals surface area contributed by atoms with Crippen LogP contribution in [0.5, 0.6) is 11.5 Å². The number of nitrogens with zero attached hydrogens (tertiary/aromatic N) is 3. The van der Waals surface area contributed by atoms with E-state index in [2.05, 4.69) is 0 Å². The van der Waals surface area contributed by atoms with Gasteiger partial charge in [0.15, 0.2) is 11.5 Å². The van der Waals surface area contributed by atoms with Gasteiger partial charge in [0.2, 0.25) is 6.79 Å². The molecule has 2 N–H and O–H groups in total. The van der Waals surface area contributed by atoms with Crippen LogP contribution in [0.1, 0.15) is 13.8 Å². The average molecular weight is 666 g/mol. The van der Waals surface area contributed by atoms with E-state index in [1.807, 2.05) is 13.8 Å². The topological polar surface area (TPSA) is 165 Å². The summed E-state index contributed by atoms with van der Waals surface area (Å²) < 4.78 is 17.2. The maximum Gasteiger partial charge on any atom is 0.325 e. The third-order valence-electron chi connectivity index (χ3n) is 6.42. The van der Waals surface area contributed by atoms with Crippen molar-refractivity contribution >= 4 is 91.4 Å². The van der Waals surface area contributed by atoms with Gasteiger partial charge in [-0.25, -0.2) is 0 Å². The molecular formula is C26H23N3O10S4. The average Bonchev–Trinajstić information content (AvgIpc) is 3.68. The fourth-order valence-electron chi connectivity index (χ4n) is 4.42. The van der Waals surface area contributed by atoms with Crippen molar-refractivity contribution < 1.29 is 43.6 Å². The van der Waals surface area contributed by atoms with Gasteiger partial charge in [0, 0.05) is 17.0 Å². The second-order valence-electron chi connectivity index (χ2n) is 9.53. The number of allylic oxidation sites excluding steroid dienone is 1. The number of thiocarbonyl (C=S) groups is 1. The molecule has 17 heteroatoms. The van der Waals surface area contributed by atoms with Crippen molar-refractivity contribution in [2.75, 3.05) is 31.9 Å². The third-order valence-corrected chi connectivity index (χ3v) is 10.3. The number of amides is 1. The summed E-state index contributed by atoms with van der Waals surface area (Å²) in [6.45, 7) is 2.26. The Morgan fingerprint density at radius 1 is 1.05 bits per heavy atom. The van der Waals surface area contributed by atoms with Gasteiger partial charge < -0.3 is 29.3 Å². The molecule has 0 bridgehead atoms. The molecule has 2 aromatic rings. The quantitative estimate of drug-likeness (QED) is 0.305. The summed E-state index contributed by atoms with van der Waals surface area (Å²) in [6.07, 6.45) is 1.75. The van der Waals surface area contributed by atoms with Crippen molar-refractivity contribution in [2.24, 2.45) is 5.92 Å². The first-order chi connectivity index (χ1) is 20.4. The van der Waals surface area contributed by atoms with Gasteiger partial charge >= 0.3 is 17.9 Å². The second-order valence-corrected chi connectivity index (χ2v) is 13.2. The van der Waals surface area contributed by atoms with E-state index in [1.165, 1.54) is 18.9 Å². The van der Waals surface area contributed by atoms with E-state index in [0.29, 0.717) is 27.8 Å². The van der Waals surface area contributed by atoms with E-state index < -0.39 is 42.5 Å². The number of fused-ring (bicyclic) bond motifs is 2. The number of carboxylic acid groups (broad SMARTS) is 2. The minimum Gasteiger partial charge on any atom is -0.480 e. The first kappa shape index (κ1) is 30.7. The van der Waals surface area contributed by atoms with Crippen molar-refractivity contribution in [3.05, 3.63) is 42.8 Å². The molecule has 0 unspecified atom stereocenters. The van der Waals surface area contributed by atoms with Crippen LogP contribution in [0, 0.1) is 5.92 Å². The molecule has 4 heterocycles. The Morgan fingerprint density at radius 3 is 2.35 bits per heavy atom. The molecule has 43 heavy (non-hydrogen) atoms. The molecule has 1 aromatic carbocycles. The summed E-state index contributed by atoms with van der Waals surface area (Å²) in [7, 11) is 1.28. The van der Waals surface area contributed by atoms with Crippen LogP contribution in [0.2, 0.25) is 0 Å². The number of aromatic nitrogens is 1. The van der Waals surface area contributed by atoms with Gasteiger partial charge in [0.05, 0.1) is 22.4 Å². The third kappa shape index (κ3) is 5.89. The van der Waals surface area contributed by atoms with Crippen LogP contribution in [0.4, 0.5) is 5.69 Å². The van der Waals surface area contributed by atoms with Gasteiger partial charge in [-0.2, -0.15) is 0 Å². The van der Waals surface area contributed by atoms with E-state index in [9.17, 15) is 34.2 Å². The summed E-state index contributed by atoms with van der Waals surface area (Å²) >= 11 is 8.28. The molecular weight excluding hydrogens is 643 g/mol. The van der Waals surface area contributed by atoms with Crippen LogP contribution in [-0.4, -0.2) is 74.8 Å². The van der Waals surface area contributed by atoms with Gasteiger partial charge in [-0.15, -0.1) is 11.3 Å². The number of esters is 1. The number of carbonyl (C=O) groups is 4. The minimum absolute atomic E-state index is 0.0136. The molecule has 226 valence electrons. The van der Waals surface area contributed by atoms with Gasteiger partial charge in [-0.05, 0) is 17.6 Å². The Kier molecular flexibility index (Phi) is 8.60. The monoisotopic (exact) mass is 665 g/mol. The highest BCUT2D eigenvalue weighted by Gasteiger charge is 2.36. The van der Waals surface area contributed by atoms with Crippen molar-refractivity contribution in [3.63, 3.8) is 0 Å². The molecule has 3 aliphatic rings. The normalized spacial score (nSPS) is 18.6. The Balaban J connectivity index is 1.72. The standard InChI is InChI=1S/C26H23N3O10S4/c1-11(2)12(4-17-27(9-20(34)37-3)13-5-14-15(39-10-38-14)6-16(13)41-17)21-23(35)28(7-18(30)31)25(42-21)22-24(36)29(8-19(32)33)26(40)43-22/h4-6,11H,7-10H2,1-3H3,(H,30,31)(H,32,33)/b17-4-,21-12-,25-22-. The predicted octanol–water partition coefficient (Wildman–Crippen LogP) is 1.21.